The summed E-state index contributed by atoms with van der Waals surface area (Å²) in [6, 6.07) is 12.0. The van der Waals surface area contributed by atoms with Gasteiger partial charge in [0, 0.05) is 41.3 Å². The summed E-state index contributed by atoms with van der Waals surface area (Å²) in [5.74, 6) is 0.637. The van der Waals surface area contributed by atoms with Crippen molar-refractivity contribution in [2.45, 2.75) is 13.0 Å². The van der Waals surface area contributed by atoms with Crippen molar-refractivity contribution >= 4 is 55.7 Å². The average molecular weight is 452 g/mol. The smallest absolute Gasteiger partial charge is 0.237 e. The number of nitrogens with two attached hydrogens (primary N) is 1. The highest BCUT2D eigenvalue weighted by molar-refractivity contribution is 7.17. The van der Waals surface area contributed by atoms with Crippen LogP contribution in [0.5, 0.6) is 0 Å². The molecule has 31 heavy (non-hydrogen) atoms. The Labute approximate surface area is 189 Å². The number of rotatable bonds is 5. The average Bonchev–Trinajstić information content (AvgIpc) is 3.16. The minimum atomic E-state index is 0.163. The molecule has 1 saturated heterocycles. The van der Waals surface area contributed by atoms with Crippen molar-refractivity contribution < 1.29 is 4.79 Å². The molecule has 0 unspecified atom stereocenters. The van der Waals surface area contributed by atoms with Gasteiger partial charge in [0.2, 0.25) is 5.91 Å². The maximum Gasteiger partial charge on any atom is 0.237 e. The zero-order valence-corrected chi connectivity index (χ0v) is 18.5. The SMILES string of the molecule is Nc1ncnc2cc(CN3CCN(CCc4csc5cc(Cl)ccc45)CC3=O)ccc12. The zero-order valence-electron chi connectivity index (χ0n) is 16.9. The molecule has 0 bridgehead atoms. The zero-order chi connectivity index (χ0) is 21.4. The Hall–Kier alpha value is -2.74. The number of thiophene rings is 1. The molecule has 0 saturated carbocycles. The van der Waals surface area contributed by atoms with E-state index in [0.717, 1.165) is 47.5 Å². The number of benzene rings is 2. The number of fused-ring (bicyclic) bond motifs is 2. The van der Waals surface area contributed by atoms with Crippen LogP contribution >= 0.6 is 22.9 Å². The molecule has 0 radical (unpaired) electrons. The number of piperazine rings is 1. The molecule has 3 heterocycles. The lowest BCUT2D eigenvalue weighted by molar-refractivity contribution is -0.136. The van der Waals surface area contributed by atoms with Crippen LogP contribution in [-0.4, -0.2) is 51.9 Å². The first-order chi connectivity index (χ1) is 15.1. The molecule has 0 spiro atoms. The molecule has 1 aliphatic rings. The van der Waals surface area contributed by atoms with Crippen molar-refractivity contribution in [2.24, 2.45) is 0 Å². The van der Waals surface area contributed by atoms with E-state index in [9.17, 15) is 4.79 Å². The van der Waals surface area contributed by atoms with Crippen LogP contribution in [0, 0.1) is 0 Å². The molecule has 5 rings (SSSR count). The molecular formula is C23H22ClN5OS. The second-order valence-electron chi connectivity index (χ2n) is 7.85. The third kappa shape index (κ3) is 4.21. The van der Waals surface area contributed by atoms with Crippen LogP contribution in [0.4, 0.5) is 5.82 Å². The fourth-order valence-electron chi connectivity index (χ4n) is 4.09. The van der Waals surface area contributed by atoms with E-state index < -0.39 is 0 Å². The number of nitrogen functional groups attached to an aromatic ring is 1. The van der Waals surface area contributed by atoms with Crippen molar-refractivity contribution in [2.75, 3.05) is 31.9 Å². The van der Waals surface area contributed by atoms with Gasteiger partial charge in [0.1, 0.15) is 12.1 Å². The molecule has 1 aliphatic heterocycles. The summed E-state index contributed by atoms with van der Waals surface area (Å²) in [6.45, 7) is 3.52. The Balaban J connectivity index is 1.20. The molecular weight excluding hydrogens is 430 g/mol. The summed E-state index contributed by atoms with van der Waals surface area (Å²) in [6.07, 6.45) is 2.40. The van der Waals surface area contributed by atoms with Crippen LogP contribution in [0.15, 0.2) is 48.1 Å². The Morgan fingerprint density at radius 3 is 2.84 bits per heavy atom. The standard InChI is InChI=1S/C23H22ClN5OS/c24-17-2-4-18-16(13-31-21(18)10-17)5-6-28-7-8-29(22(30)12-28)11-15-1-3-19-20(9-15)26-14-27-23(19)25/h1-4,9-10,13-14H,5-8,11-12H2,(H2,25,26,27). The van der Waals surface area contributed by atoms with E-state index >= 15 is 0 Å². The molecule has 0 atom stereocenters. The van der Waals surface area contributed by atoms with E-state index in [1.807, 2.05) is 35.2 Å². The van der Waals surface area contributed by atoms with Crippen LogP contribution < -0.4 is 5.73 Å². The second-order valence-corrected chi connectivity index (χ2v) is 9.20. The predicted molar refractivity (Wildman–Crippen MR) is 126 cm³/mol. The second kappa shape index (κ2) is 8.42. The lowest BCUT2D eigenvalue weighted by Crippen LogP contribution is -2.50. The highest BCUT2D eigenvalue weighted by atomic mass is 35.5. The van der Waals surface area contributed by atoms with Crippen molar-refractivity contribution in [3.05, 3.63) is 64.3 Å². The number of carbonyl (C=O) groups excluding carboxylic acids is 1. The molecule has 1 amide bonds. The minimum Gasteiger partial charge on any atom is -0.383 e. The topological polar surface area (TPSA) is 75.3 Å². The third-order valence-electron chi connectivity index (χ3n) is 5.82. The quantitative estimate of drug-likeness (QED) is 0.497. The van der Waals surface area contributed by atoms with Gasteiger partial charge in [-0.15, -0.1) is 11.3 Å². The van der Waals surface area contributed by atoms with Crippen molar-refractivity contribution in [1.29, 1.82) is 0 Å². The molecule has 0 aliphatic carbocycles. The van der Waals surface area contributed by atoms with Gasteiger partial charge in [-0.1, -0.05) is 23.7 Å². The molecule has 4 aromatic rings. The monoisotopic (exact) mass is 451 g/mol. The highest BCUT2D eigenvalue weighted by Crippen LogP contribution is 2.29. The largest absolute Gasteiger partial charge is 0.383 e. The third-order valence-corrected chi connectivity index (χ3v) is 7.05. The fraction of sp³-hybridized carbons (Fsp3) is 0.261. The van der Waals surface area contributed by atoms with Crippen molar-refractivity contribution in [3.63, 3.8) is 0 Å². The first kappa shape index (κ1) is 20.2. The summed E-state index contributed by atoms with van der Waals surface area (Å²) in [7, 11) is 0. The van der Waals surface area contributed by atoms with Gasteiger partial charge in [0.05, 0.1) is 12.1 Å². The van der Waals surface area contributed by atoms with Crippen LogP contribution in [0.25, 0.3) is 21.0 Å². The Kier molecular flexibility index (Phi) is 5.48. The number of hydrogen-bond donors (Lipinski definition) is 1. The summed E-state index contributed by atoms with van der Waals surface area (Å²) in [4.78, 5) is 25.2. The van der Waals surface area contributed by atoms with Crippen LogP contribution in [0.3, 0.4) is 0 Å². The van der Waals surface area contributed by atoms with Crippen LogP contribution in [-0.2, 0) is 17.8 Å². The summed E-state index contributed by atoms with van der Waals surface area (Å²) in [5, 5.41) is 5.07. The number of hydrogen-bond acceptors (Lipinski definition) is 6. The van der Waals surface area contributed by atoms with Gasteiger partial charge in [0.25, 0.3) is 0 Å². The highest BCUT2D eigenvalue weighted by Gasteiger charge is 2.24. The molecule has 2 aromatic heterocycles. The number of halogens is 1. The number of amides is 1. The fourth-order valence-corrected chi connectivity index (χ4v) is 5.36. The van der Waals surface area contributed by atoms with E-state index in [1.165, 1.54) is 22.0 Å². The molecule has 1 fully saturated rings. The maximum absolute atomic E-state index is 12.8. The van der Waals surface area contributed by atoms with Crippen molar-refractivity contribution in [1.82, 2.24) is 19.8 Å². The van der Waals surface area contributed by atoms with E-state index in [1.54, 1.807) is 11.3 Å². The summed E-state index contributed by atoms with van der Waals surface area (Å²) in [5.41, 5.74) is 9.08. The van der Waals surface area contributed by atoms with Gasteiger partial charge >= 0.3 is 0 Å². The van der Waals surface area contributed by atoms with Crippen molar-refractivity contribution in [3.8, 4) is 0 Å². The van der Waals surface area contributed by atoms with Gasteiger partial charge in [-0.05, 0) is 52.6 Å². The van der Waals surface area contributed by atoms with E-state index in [-0.39, 0.29) is 5.91 Å². The van der Waals surface area contributed by atoms with E-state index in [2.05, 4.69) is 26.3 Å². The summed E-state index contributed by atoms with van der Waals surface area (Å²) < 4.78 is 1.21. The lowest BCUT2D eigenvalue weighted by Gasteiger charge is -2.34. The molecule has 6 nitrogen and oxygen atoms in total. The summed E-state index contributed by atoms with van der Waals surface area (Å²) >= 11 is 7.82. The molecule has 2 aromatic carbocycles. The Morgan fingerprint density at radius 1 is 1.10 bits per heavy atom. The van der Waals surface area contributed by atoms with E-state index in [0.29, 0.717) is 18.9 Å². The molecule has 8 heteroatoms. The van der Waals surface area contributed by atoms with Crippen LogP contribution in [0.1, 0.15) is 11.1 Å². The van der Waals surface area contributed by atoms with Gasteiger partial charge in [0.15, 0.2) is 0 Å². The molecule has 158 valence electrons. The predicted octanol–water partition coefficient (Wildman–Crippen LogP) is 3.97. The number of aromatic nitrogens is 2. The number of nitrogens with zero attached hydrogens (tertiary/aromatic N) is 4. The van der Waals surface area contributed by atoms with Gasteiger partial charge < -0.3 is 10.6 Å². The van der Waals surface area contributed by atoms with Crippen LogP contribution in [0.2, 0.25) is 5.02 Å². The minimum absolute atomic E-state index is 0.163. The first-order valence-electron chi connectivity index (χ1n) is 10.2. The normalized spacial score (nSPS) is 15.3. The number of anilines is 1. The Bertz CT molecular complexity index is 1270. The molecule has 2 N–H and O–H groups in total. The first-order valence-corrected chi connectivity index (χ1v) is 11.5. The number of carbonyl (C=O) groups is 1. The van der Waals surface area contributed by atoms with Gasteiger partial charge in [-0.25, -0.2) is 9.97 Å². The lowest BCUT2D eigenvalue weighted by atomic mass is 10.1. The van der Waals surface area contributed by atoms with Gasteiger partial charge in [-0.2, -0.15) is 0 Å². The Morgan fingerprint density at radius 2 is 1.97 bits per heavy atom. The van der Waals surface area contributed by atoms with E-state index in [4.69, 9.17) is 17.3 Å². The maximum atomic E-state index is 12.8. The van der Waals surface area contributed by atoms with Gasteiger partial charge in [-0.3, -0.25) is 9.69 Å².